The number of aromatic nitrogens is 3. The fraction of sp³-hybridized carbons (Fsp3) is 0.304. The highest BCUT2D eigenvalue weighted by molar-refractivity contribution is 5.91. The smallest absolute Gasteiger partial charge is 0.348 e. The van der Waals surface area contributed by atoms with Gasteiger partial charge in [-0.05, 0) is 44.4 Å². The van der Waals surface area contributed by atoms with E-state index in [4.69, 9.17) is 0 Å². The molecule has 0 bridgehead atoms. The Morgan fingerprint density at radius 3 is 2.42 bits per heavy atom. The maximum atomic E-state index is 14.1. The first kappa shape index (κ1) is 22.1. The molecule has 0 aliphatic carbocycles. The van der Waals surface area contributed by atoms with Gasteiger partial charge in [0.15, 0.2) is 0 Å². The Balaban J connectivity index is 2.20. The van der Waals surface area contributed by atoms with Crippen molar-refractivity contribution in [2.45, 2.75) is 46.7 Å². The molecule has 2 aromatic carbocycles. The third kappa shape index (κ3) is 4.79. The van der Waals surface area contributed by atoms with Crippen molar-refractivity contribution >= 4 is 5.91 Å². The van der Waals surface area contributed by atoms with Crippen molar-refractivity contribution in [2.24, 2.45) is 0 Å². The molecule has 7 nitrogen and oxygen atoms in total. The van der Waals surface area contributed by atoms with Gasteiger partial charge < -0.3 is 5.32 Å². The molecule has 1 heterocycles. The molecule has 0 aliphatic rings. The number of benzene rings is 2. The van der Waals surface area contributed by atoms with E-state index in [9.17, 15) is 18.8 Å². The maximum Gasteiger partial charge on any atom is 0.352 e. The highest BCUT2D eigenvalue weighted by Gasteiger charge is 2.21. The largest absolute Gasteiger partial charge is 0.352 e. The van der Waals surface area contributed by atoms with Crippen molar-refractivity contribution in [3.63, 3.8) is 0 Å². The minimum atomic E-state index is -0.796. The van der Waals surface area contributed by atoms with Crippen LogP contribution in [0.4, 0.5) is 4.39 Å². The summed E-state index contributed by atoms with van der Waals surface area (Å²) < 4.78 is 16.0. The lowest BCUT2D eigenvalue weighted by Gasteiger charge is -2.14. The van der Waals surface area contributed by atoms with Crippen molar-refractivity contribution in [1.82, 2.24) is 19.7 Å². The lowest BCUT2D eigenvalue weighted by molar-refractivity contribution is 0.0929. The van der Waals surface area contributed by atoms with E-state index < -0.39 is 28.7 Å². The second kappa shape index (κ2) is 9.07. The number of nitrogens with one attached hydrogen (secondary N) is 1. The third-order valence-electron chi connectivity index (χ3n) is 5.13. The predicted octanol–water partition coefficient (Wildman–Crippen LogP) is 2.73. The summed E-state index contributed by atoms with van der Waals surface area (Å²) in [6, 6.07) is 11.3. The lowest BCUT2D eigenvalue weighted by Crippen LogP contribution is -2.47. The van der Waals surface area contributed by atoms with E-state index in [0.717, 1.165) is 20.9 Å². The van der Waals surface area contributed by atoms with E-state index in [0.29, 0.717) is 17.5 Å². The molecular weight excluding hydrogens is 399 g/mol. The van der Waals surface area contributed by atoms with Crippen molar-refractivity contribution in [1.29, 1.82) is 0 Å². The summed E-state index contributed by atoms with van der Waals surface area (Å²) in [5, 5.41) is 6.71. The summed E-state index contributed by atoms with van der Waals surface area (Å²) in [5.41, 5.74) is 0.304. The molecule has 1 aromatic heterocycles. The van der Waals surface area contributed by atoms with Crippen LogP contribution in [0.1, 0.15) is 47.4 Å². The number of amides is 1. The summed E-state index contributed by atoms with van der Waals surface area (Å²) in [6.45, 7) is 7.17. The van der Waals surface area contributed by atoms with E-state index in [-0.39, 0.29) is 18.3 Å². The highest BCUT2D eigenvalue weighted by Crippen LogP contribution is 2.11. The van der Waals surface area contributed by atoms with E-state index in [1.807, 2.05) is 26.0 Å². The molecule has 0 unspecified atom stereocenters. The minimum absolute atomic E-state index is 0.0432. The Morgan fingerprint density at radius 1 is 1.13 bits per heavy atom. The van der Waals surface area contributed by atoms with Crippen LogP contribution in [0.5, 0.6) is 0 Å². The molecule has 31 heavy (non-hydrogen) atoms. The zero-order chi connectivity index (χ0) is 22.7. The van der Waals surface area contributed by atoms with Crippen molar-refractivity contribution < 1.29 is 9.18 Å². The zero-order valence-corrected chi connectivity index (χ0v) is 18.0. The SMILES string of the molecule is CC[C@@H](C)NC(=O)c1nn(-c2ccc(C)c(F)c2)c(=O)n(Cc2ccc(C)cc2)c1=O. The molecule has 3 rings (SSSR count). The van der Waals surface area contributed by atoms with Gasteiger partial charge in [-0.15, -0.1) is 0 Å². The second-order valence-corrected chi connectivity index (χ2v) is 7.64. The van der Waals surface area contributed by atoms with Crippen LogP contribution >= 0.6 is 0 Å². The van der Waals surface area contributed by atoms with E-state index in [2.05, 4.69) is 10.4 Å². The van der Waals surface area contributed by atoms with Crippen LogP contribution < -0.4 is 16.6 Å². The van der Waals surface area contributed by atoms with Gasteiger partial charge in [-0.3, -0.25) is 14.2 Å². The Labute approximate surface area is 179 Å². The molecule has 0 saturated heterocycles. The van der Waals surface area contributed by atoms with Gasteiger partial charge in [0.1, 0.15) is 5.82 Å². The number of hydrogen-bond donors (Lipinski definition) is 1. The number of aryl methyl sites for hydroxylation is 2. The van der Waals surface area contributed by atoms with Gasteiger partial charge in [-0.1, -0.05) is 42.8 Å². The Kier molecular flexibility index (Phi) is 6.48. The van der Waals surface area contributed by atoms with Crippen LogP contribution in [0.2, 0.25) is 0 Å². The molecule has 0 fully saturated rings. The highest BCUT2D eigenvalue weighted by atomic mass is 19.1. The van der Waals surface area contributed by atoms with Crippen LogP contribution in [0.25, 0.3) is 5.69 Å². The van der Waals surface area contributed by atoms with Gasteiger partial charge in [0, 0.05) is 12.1 Å². The van der Waals surface area contributed by atoms with Gasteiger partial charge in [-0.25, -0.2) is 9.18 Å². The molecule has 8 heteroatoms. The topological polar surface area (TPSA) is 86.0 Å². The Bertz CT molecular complexity index is 1230. The number of hydrogen-bond acceptors (Lipinski definition) is 4. The lowest BCUT2D eigenvalue weighted by atomic mass is 10.1. The first-order valence-corrected chi connectivity index (χ1v) is 10.1. The van der Waals surface area contributed by atoms with Gasteiger partial charge in [0.25, 0.3) is 11.5 Å². The van der Waals surface area contributed by atoms with Gasteiger partial charge in [0.05, 0.1) is 12.2 Å². The number of halogens is 1. The van der Waals surface area contributed by atoms with Crippen molar-refractivity contribution in [2.75, 3.05) is 0 Å². The predicted molar refractivity (Wildman–Crippen MR) is 116 cm³/mol. The standard InChI is InChI=1S/C23H25FN4O3/c1-5-16(4)25-21(29)20-22(30)27(13-17-9-6-14(2)7-10-17)23(31)28(26-20)18-11-8-15(3)19(24)12-18/h6-12,16H,5,13H2,1-4H3,(H,25,29)/t16-/m1/s1. The summed E-state index contributed by atoms with van der Waals surface area (Å²) in [4.78, 5) is 38.9. The maximum absolute atomic E-state index is 14.1. The Hall–Kier alpha value is -3.55. The number of carbonyl (C=O) groups excluding carboxylic acids is 1. The monoisotopic (exact) mass is 424 g/mol. The molecule has 1 atom stereocenters. The molecule has 162 valence electrons. The first-order chi connectivity index (χ1) is 14.7. The average Bonchev–Trinajstić information content (AvgIpc) is 2.74. The summed E-state index contributed by atoms with van der Waals surface area (Å²) in [5.74, 6) is -1.20. The first-order valence-electron chi connectivity index (χ1n) is 10.1. The van der Waals surface area contributed by atoms with Crippen LogP contribution in [-0.2, 0) is 6.54 Å². The fourth-order valence-corrected chi connectivity index (χ4v) is 2.95. The second-order valence-electron chi connectivity index (χ2n) is 7.64. The van der Waals surface area contributed by atoms with Crippen molar-refractivity contribution in [3.8, 4) is 5.69 Å². The summed E-state index contributed by atoms with van der Waals surface area (Å²) in [6.07, 6.45) is 0.659. The van der Waals surface area contributed by atoms with Gasteiger partial charge in [-0.2, -0.15) is 9.78 Å². The molecule has 0 radical (unpaired) electrons. The quantitative estimate of drug-likeness (QED) is 0.659. The van der Waals surface area contributed by atoms with Crippen LogP contribution in [0, 0.1) is 19.7 Å². The normalized spacial score (nSPS) is 11.9. The Morgan fingerprint density at radius 2 is 1.81 bits per heavy atom. The molecular formula is C23H25FN4O3. The molecule has 0 aliphatic heterocycles. The summed E-state index contributed by atoms with van der Waals surface area (Å²) in [7, 11) is 0. The molecule has 1 amide bonds. The third-order valence-corrected chi connectivity index (χ3v) is 5.13. The molecule has 1 N–H and O–H groups in total. The molecule has 0 saturated carbocycles. The van der Waals surface area contributed by atoms with Crippen LogP contribution in [0.15, 0.2) is 52.1 Å². The van der Waals surface area contributed by atoms with Gasteiger partial charge in [0.2, 0.25) is 5.69 Å². The van der Waals surface area contributed by atoms with Crippen LogP contribution in [0.3, 0.4) is 0 Å². The summed E-state index contributed by atoms with van der Waals surface area (Å²) >= 11 is 0. The number of rotatable bonds is 6. The van der Waals surface area contributed by atoms with E-state index in [1.54, 1.807) is 26.0 Å². The minimum Gasteiger partial charge on any atom is -0.348 e. The number of nitrogens with zero attached hydrogens (tertiary/aromatic N) is 3. The molecule has 3 aromatic rings. The zero-order valence-electron chi connectivity index (χ0n) is 18.0. The van der Waals surface area contributed by atoms with E-state index in [1.165, 1.54) is 12.1 Å². The van der Waals surface area contributed by atoms with E-state index >= 15 is 0 Å². The number of carbonyl (C=O) groups is 1. The van der Waals surface area contributed by atoms with Crippen LogP contribution in [-0.4, -0.2) is 26.3 Å². The van der Waals surface area contributed by atoms with Gasteiger partial charge >= 0.3 is 5.69 Å². The average molecular weight is 424 g/mol. The van der Waals surface area contributed by atoms with Crippen molar-refractivity contribution in [3.05, 3.63) is 91.5 Å². The fourth-order valence-electron chi connectivity index (χ4n) is 2.95. The molecule has 0 spiro atoms.